The maximum absolute atomic E-state index is 11.7. The standard InChI is InChI=1S/C11H16N2O4/c14-9-4-2-1-3-8(9)13-10(15)6-5-7(12-13)11(16)17/h8-9,14H,1-6H2,(H,16,17). The number of carboxylic acid groups (broad SMARTS) is 1. The van der Waals surface area contributed by atoms with Crippen molar-refractivity contribution >= 4 is 17.6 Å². The van der Waals surface area contributed by atoms with Gasteiger partial charge in [-0.25, -0.2) is 9.80 Å². The number of amides is 1. The molecule has 0 radical (unpaired) electrons. The maximum Gasteiger partial charge on any atom is 0.352 e. The van der Waals surface area contributed by atoms with Gasteiger partial charge in [-0.15, -0.1) is 0 Å². The number of hydrogen-bond donors (Lipinski definition) is 2. The smallest absolute Gasteiger partial charge is 0.352 e. The Labute approximate surface area is 98.9 Å². The number of rotatable bonds is 2. The molecule has 2 atom stereocenters. The molecule has 1 heterocycles. The molecule has 1 amide bonds. The Hall–Kier alpha value is -1.43. The van der Waals surface area contributed by atoms with Crippen molar-refractivity contribution in [2.24, 2.45) is 5.10 Å². The van der Waals surface area contributed by atoms with Gasteiger partial charge in [0.25, 0.3) is 0 Å². The van der Waals surface area contributed by atoms with Crippen molar-refractivity contribution in [2.45, 2.75) is 50.7 Å². The molecule has 2 unspecified atom stereocenters. The normalized spacial score (nSPS) is 30.1. The average molecular weight is 240 g/mol. The Morgan fingerprint density at radius 3 is 2.65 bits per heavy atom. The monoisotopic (exact) mass is 240 g/mol. The number of hydrogen-bond acceptors (Lipinski definition) is 4. The highest BCUT2D eigenvalue weighted by Crippen LogP contribution is 2.26. The van der Waals surface area contributed by atoms with Gasteiger partial charge in [0.05, 0.1) is 12.1 Å². The molecule has 2 N–H and O–H groups in total. The highest BCUT2D eigenvalue weighted by Gasteiger charge is 2.35. The Morgan fingerprint density at radius 2 is 2.00 bits per heavy atom. The van der Waals surface area contributed by atoms with Crippen LogP contribution < -0.4 is 0 Å². The molecule has 1 fully saturated rings. The van der Waals surface area contributed by atoms with Crippen molar-refractivity contribution < 1.29 is 19.8 Å². The maximum atomic E-state index is 11.7. The van der Waals surface area contributed by atoms with E-state index in [0.29, 0.717) is 12.8 Å². The lowest BCUT2D eigenvalue weighted by Crippen LogP contribution is -2.48. The van der Waals surface area contributed by atoms with Crippen LogP contribution in [0.5, 0.6) is 0 Å². The first-order valence-electron chi connectivity index (χ1n) is 5.90. The third-order valence-corrected chi connectivity index (χ3v) is 3.31. The van der Waals surface area contributed by atoms with Crippen LogP contribution in [-0.4, -0.2) is 45.0 Å². The molecular weight excluding hydrogens is 224 g/mol. The molecule has 0 spiro atoms. The second kappa shape index (κ2) is 4.83. The molecule has 1 aliphatic heterocycles. The number of nitrogens with zero attached hydrogens (tertiary/aromatic N) is 2. The first-order chi connectivity index (χ1) is 8.09. The van der Waals surface area contributed by atoms with E-state index in [1.165, 1.54) is 5.01 Å². The number of aliphatic hydroxyl groups excluding tert-OH is 1. The predicted octanol–water partition coefficient (Wildman–Crippen LogP) is 0.353. The first kappa shape index (κ1) is 12.0. The van der Waals surface area contributed by atoms with Crippen molar-refractivity contribution in [1.29, 1.82) is 0 Å². The van der Waals surface area contributed by atoms with Crippen LogP contribution in [0.25, 0.3) is 0 Å². The Balaban J connectivity index is 2.19. The van der Waals surface area contributed by atoms with Gasteiger partial charge in [0.1, 0.15) is 5.71 Å². The molecule has 0 aromatic rings. The van der Waals surface area contributed by atoms with Crippen LogP contribution >= 0.6 is 0 Å². The van der Waals surface area contributed by atoms with Gasteiger partial charge >= 0.3 is 5.97 Å². The summed E-state index contributed by atoms with van der Waals surface area (Å²) in [5.41, 5.74) is 0.00220. The number of aliphatic carboxylic acids is 1. The molecule has 17 heavy (non-hydrogen) atoms. The van der Waals surface area contributed by atoms with Crippen molar-refractivity contribution in [2.75, 3.05) is 0 Å². The molecule has 0 aromatic heterocycles. The summed E-state index contributed by atoms with van der Waals surface area (Å²) in [5, 5.41) is 23.8. The molecule has 0 aromatic carbocycles. The number of carbonyl (C=O) groups excluding carboxylic acids is 1. The van der Waals surface area contributed by atoms with Crippen LogP contribution in [-0.2, 0) is 9.59 Å². The quantitative estimate of drug-likeness (QED) is 0.728. The lowest BCUT2D eigenvalue weighted by molar-refractivity contribution is -0.138. The molecule has 94 valence electrons. The third-order valence-electron chi connectivity index (χ3n) is 3.31. The molecule has 2 aliphatic rings. The van der Waals surface area contributed by atoms with Crippen molar-refractivity contribution in [3.8, 4) is 0 Å². The summed E-state index contributed by atoms with van der Waals surface area (Å²) < 4.78 is 0. The zero-order valence-electron chi connectivity index (χ0n) is 9.50. The van der Waals surface area contributed by atoms with E-state index in [1.807, 2.05) is 0 Å². The van der Waals surface area contributed by atoms with Crippen molar-refractivity contribution in [3.05, 3.63) is 0 Å². The molecule has 1 saturated carbocycles. The number of carboxylic acids is 1. The fraction of sp³-hybridized carbons (Fsp3) is 0.727. The largest absolute Gasteiger partial charge is 0.477 e. The zero-order valence-corrected chi connectivity index (χ0v) is 9.50. The van der Waals surface area contributed by atoms with E-state index in [2.05, 4.69) is 5.10 Å². The number of hydrazone groups is 1. The SMILES string of the molecule is O=C(O)C1=NN(C2CCCCC2O)C(=O)CC1. The highest BCUT2D eigenvalue weighted by atomic mass is 16.4. The van der Waals surface area contributed by atoms with Gasteiger partial charge in [0.15, 0.2) is 0 Å². The molecule has 6 heteroatoms. The van der Waals surface area contributed by atoms with Crippen molar-refractivity contribution in [1.82, 2.24) is 5.01 Å². The van der Waals surface area contributed by atoms with Gasteiger partial charge in [0.2, 0.25) is 5.91 Å². The van der Waals surface area contributed by atoms with E-state index < -0.39 is 12.1 Å². The highest BCUT2D eigenvalue weighted by molar-refractivity contribution is 6.36. The molecule has 6 nitrogen and oxygen atoms in total. The van der Waals surface area contributed by atoms with Crippen LogP contribution in [0.3, 0.4) is 0 Å². The predicted molar refractivity (Wildman–Crippen MR) is 59.4 cm³/mol. The number of aliphatic hydroxyl groups is 1. The topological polar surface area (TPSA) is 90.2 Å². The minimum Gasteiger partial charge on any atom is -0.477 e. The first-order valence-corrected chi connectivity index (χ1v) is 5.90. The third kappa shape index (κ3) is 2.46. The lowest BCUT2D eigenvalue weighted by atomic mass is 9.91. The van der Waals surface area contributed by atoms with E-state index in [-0.39, 0.29) is 30.5 Å². The van der Waals surface area contributed by atoms with Crippen LogP contribution in [0.2, 0.25) is 0 Å². The lowest BCUT2D eigenvalue weighted by Gasteiger charge is -2.36. The summed E-state index contributed by atoms with van der Waals surface area (Å²) in [6.45, 7) is 0. The fourth-order valence-corrected chi connectivity index (χ4v) is 2.36. The van der Waals surface area contributed by atoms with Gasteiger partial charge in [0, 0.05) is 12.8 Å². The van der Waals surface area contributed by atoms with Crippen molar-refractivity contribution in [3.63, 3.8) is 0 Å². The molecule has 0 saturated heterocycles. The van der Waals surface area contributed by atoms with Gasteiger partial charge < -0.3 is 10.2 Å². The van der Waals surface area contributed by atoms with E-state index in [1.54, 1.807) is 0 Å². The summed E-state index contributed by atoms with van der Waals surface area (Å²) in [6, 6.07) is -0.356. The minimum atomic E-state index is -1.09. The van der Waals surface area contributed by atoms with Gasteiger partial charge in [-0.3, -0.25) is 4.79 Å². The molecule has 2 rings (SSSR count). The Bertz CT molecular complexity index is 366. The van der Waals surface area contributed by atoms with E-state index >= 15 is 0 Å². The van der Waals surface area contributed by atoms with Gasteiger partial charge in [-0.2, -0.15) is 5.10 Å². The Morgan fingerprint density at radius 1 is 1.29 bits per heavy atom. The summed E-state index contributed by atoms with van der Waals surface area (Å²) in [7, 11) is 0. The zero-order chi connectivity index (χ0) is 12.4. The summed E-state index contributed by atoms with van der Waals surface area (Å²) >= 11 is 0. The summed E-state index contributed by atoms with van der Waals surface area (Å²) in [4.78, 5) is 22.6. The molecular formula is C11H16N2O4. The second-order valence-electron chi connectivity index (χ2n) is 4.51. The van der Waals surface area contributed by atoms with Gasteiger partial charge in [-0.1, -0.05) is 12.8 Å². The fourth-order valence-electron chi connectivity index (χ4n) is 2.36. The molecule has 1 aliphatic carbocycles. The van der Waals surface area contributed by atoms with E-state index in [0.717, 1.165) is 12.8 Å². The molecule has 0 bridgehead atoms. The Kier molecular flexibility index (Phi) is 3.42. The summed E-state index contributed by atoms with van der Waals surface area (Å²) in [5.74, 6) is -1.28. The summed E-state index contributed by atoms with van der Waals surface area (Å²) in [6.07, 6.45) is 2.94. The average Bonchev–Trinajstić information content (AvgIpc) is 2.30. The van der Waals surface area contributed by atoms with Crippen LogP contribution in [0.4, 0.5) is 0 Å². The number of carbonyl (C=O) groups is 2. The van der Waals surface area contributed by atoms with E-state index in [9.17, 15) is 14.7 Å². The van der Waals surface area contributed by atoms with Crippen LogP contribution in [0, 0.1) is 0 Å². The van der Waals surface area contributed by atoms with E-state index in [4.69, 9.17) is 5.11 Å². The van der Waals surface area contributed by atoms with Crippen LogP contribution in [0.15, 0.2) is 5.10 Å². The minimum absolute atomic E-state index is 0.00220. The van der Waals surface area contributed by atoms with Gasteiger partial charge in [-0.05, 0) is 12.8 Å². The van der Waals surface area contributed by atoms with Crippen LogP contribution in [0.1, 0.15) is 38.5 Å². The second-order valence-corrected chi connectivity index (χ2v) is 4.51.